The van der Waals surface area contributed by atoms with Crippen molar-refractivity contribution in [3.05, 3.63) is 76.8 Å². The molecule has 23 heavy (non-hydrogen) atoms. The van der Waals surface area contributed by atoms with Crippen molar-refractivity contribution >= 4 is 29.6 Å². The van der Waals surface area contributed by atoms with E-state index in [1.807, 2.05) is 30.3 Å². The molecule has 4 nitrogen and oxygen atoms in total. The Morgan fingerprint density at radius 2 is 1.74 bits per heavy atom. The molecule has 0 aliphatic rings. The first-order chi connectivity index (χ1) is 11.0. The number of carbonyl (C=O) groups is 2. The molecular formula is C18H16ClNO3. The summed E-state index contributed by atoms with van der Waals surface area (Å²) in [6.45, 7) is 0. The number of amides is 1. The first-order valence-electron chi connectivity index (χ1n) is 7.05. The van der Waals surface area contributed by atoms with Gasteiger partial charge in [-0.2, -0.15) is 0 Å². The van der Waals surface area contributed by atoms with Crippen LogP contribution in [0.4, 0.5) is 0 Å². The Hall–Kier alpha value is -2.59. The van der Waals surface area contributed by atoms with Gasteiger partial charge in [0, 0.05) is 17.5 Å². The number of aliphatic carboxylic acids is 1. The largest absolute Gasteiger partial charge is 0.480 e. The summed E-state index contributed by atoms with van der Waals surface area (Å²) in [5, 5.41) is 12.4. The average molecular weight is 330 g/mol. The van der Waals surface area contributed by atoms with E-state index in [2.05, 4.69) is 5.32 Å². The van der Waals surface area contributed by atoms with Gasteiger partial charge in [0.15, 0.2) is 0 Å². The Balaban J connectivity index is 1.98. The number of halogens is 1. The van der Waals surface area contributed by atoms with Crippen molar-refractivity contribution in [2.45, 2.75) is 12.5 Å². The topological polar surface area (TPSA) is 66.4 Å². The summed E-state index contributed by atoms with van der Waals surface area (Å²) in [5.74, 6) is -1.52. The number of carboxylic acid groups (broad SMARTS) is 1. The first-order valence-corrected chi connectivity index (χ1v) is 7.43. The predicted octanol–water partition coefficient (Wildman–Crippen LogP) is 3.17. The fourth-order valence-corrected chi connectivity index (χ4v) is 2.14. The summed E-state index contributed by atoms with van der Waals surface area (Å²) in [4.78, 5) is 23.2. The van der Waals surface area contributed by atoms with Crippen LogP contribution in [0.2, 0.25) is 5.02 Å². The van der Waals surface area contributed by atoms with Crippen LogP contribution in [0.25, 0.3) is 6.08 Å². The summed E-state index contributed by atoms with van der Waals surface area (Å²) in [5.41, 5.74) is 1.65. The summed E-state index contributed by atoms with van der Waals surface area (Å²) < 4.78 is 0. The van der Waals surface area contributed by atoms with Gasteiger partial charge in [0.25, 0.3) is 0 Å². The zero-order chi connectivity index (χ0) is 16.7. The second kappa shape index (κ2) is 8.15. The molecule has 1 unspecified atom stereocenters. The number of hydrogen-bond acceptors (Lipinski definition) is 2. The Bertz CT molecular complexity index is 696. The van der Waals surface area contributed by atoms with E-state index >= 15 is 0 Å². The Morgan fingerprint density at radius 3 is 2.35 bits per heavy atom. The van der Waals surface area contributed by atoms with Crippen LogP contribution in [-0.2, 0) is 16.0 Å². The fraction of sp³-hybridized carbons (Fsp3) is 0.111. The van der Waals surface area contributed by atoms with Crippen molar-refractivity contribution in [1.29, 1.82) is 0 Å². The molecule has 0 aromatic heterocycles. The van der Waals surface area contributed by atoms with E-state index in [4.69, 9.17) is 11.6 Å². The predicted molar refractivity (Wildman–Crippen MR) is 90.2 cm³/mol. The van der Waals surface area contributed by atoms with Crippen molar-refractivity contribution in [1.82, 2.24) is 5.32 Å². The average Bonchev–Trinajstić information content (AvgIpc) is 2.54. The first kappa shape index (κ1) is 16.8. The molecule has 118 valence electrons. The van der Waals surface area contributed by atoms with Gasteiger partial charge in [-0.15, -0.1) is 0 Å². The molecule has 0 radical (unpaired) electrons. The number of hydrogen-bond donors (Lipinski definition) is 2. The maximum Gasteiger partial charge on any atom is 0.326 e. The molecule has 0 heterocycles. The van der Waals surface area contributed by atoms with E-state index < -0.39 is 17.9 Å². The lowest BCUT2D eigenvalue weighted by Crippen LogP contribution is -2.41. The lowest BCUT2D eigenvalue weighted by Gasteiger charge is -2.13. The van der Waals surface area contributed by atoms with E-state index in [-0.39, 0.29) is 6.42 Å². The van der Waals surface area contributed by atoms with Gasteiger partial charge in [0.05, 0.1) is 0 Å². The SMILES string of the molecule is O=C(C=Cc1ccc(Cl)cc1)NC(Cc1ccccc1)C(=O)O. The Labute approximate surface area is 139 Å². The van der Waals surface area contributed by atoms with Gasteiger partial charge in [-0.1, -0.05) is 54.1 Å². The van der Waals surface area contributed by atoms with Gasteiger partial charge in [-0.25, -0.2) is 4.79 Å². The number of benzene rings is 2. The molecule has 0 spiro atoms. The molecule has 0 saturated carbocycles. The normalized spacial score (nSPS) is 12.0. The number of carboxylic acids is 1. The molecule has 0 saturated heterocycles. The van der Waals surface area contributed by atoms with Crippen LogP contribution in [0, 0.1) is 0 Å². The zero-order valence-electron chi connectivity index (χ0n) is 12.3. The van der Waals surface area contributed by atoms with Gasteiger partial charge in [0.1, 0.15) is 6.04 Å². The highest BCUT2D eigenvalue weighted by Crippen LogP contribution is 2.10. The Kier molecular flexibility index (Phi) is 5.94. The van der Waals surface area contributed by atoms with Crippen molar-refractivity contribution < 1.29 is 14.7 Å². The summed E-state index contributed by atoms with van der Waals surface area (Å²) >= 11 is 5.79. The summed E-state index contributed by atoms with van der Waals surface area (Å²) in [6, 6.07) is 15.2. The third kappa shape index (κ3) is 5.60. The van der Waals surface area contributed by atoms with Crippen molar-refractivity contribution in [2.24, 2.45) is 0 Å². The van der Waals surface area contributed by atoms with Crippen molar-refractivity contribution in [2.75, 3.05) is 0 Å². The molecule has 2 aromatic rings. The smallest absolute Gasteiger partial charge is 0.326 e. The highest BCUT2D eigenvalue weighted by atomic mass is 35.5. The molecular weight excluding hydrogens is 314 g/mol. The van der Waals surface area contributed by atoms with E-state index in [1.165, 1.54) is 6.08 Å². The van der Waals surface area contributed by atoms with Crippen LogP contribution in [-0.4, -0.2) is 23.0 Å². The maximum absolute atomic E-state index is 11.9. The van der Waals surface area contributed by atoms with Gasteiger partial charge in [0.2, 0.25) is 5.91 Å². The summed E-state index contributed by atoms with van der Waals surface area (Å²) in [6.07, 6.45) is 3.15. The van der Waals surface area contributed by atoms with Crippen LogP contribution in [0.5, 0.6) is 0 Å². The van der Waals surface area contributed by atoms with E-state index in [0.29, 0.717) is 5.02 Å². The number of carbonyl (C=O) groups excluding carboxylic acids is 1. The van der Waals surface area contributed by atoms with Crippen LogP contribution in [0.1, 0.15) is 11.1 Å². The zero-order valence-corrected chi connectivity index (χ0v) is 13.0. The van der Waals surface area contributed by atoms with Crippen molar-refractivity contribution in [3.63, 3.8) is 0 Å². The monoisotopic (exact) mass is 329 g/mol. The summed E-state index contributed by atoms with van der Waals surface area (Å²) in [7, 11) is 0. The van der Waals surface area contributed by atoms with Crippen molar-refractivity contribution in [3.8, 4) is 0 Å². The van der Waals surface area contributed by atoms with Crippen LogP contribution in [0.3, 0.4) is 0 Å². The van der Waals surface area contributed by atoms with Crippen LogP contribution in [0.15, 0.2) is 60.7 Å². The lowest BCUT2D eigenvalue weighted by atomic mass is 10.1. The van der Waals surface area contributed by atoms with E-state index in [9.17, 15) is 14.7 Å². The third-order valence-electron chi connectivity index (χ3n) is 3.19. The molecule has 2 aromatic carbocycles. The molecule has 0 aliphatic heterocycles. The molecule has 0 aliphatic carbocycles. The van der Waals surface area contributed by atoms with E-state index in [0.717, 1.165) is 11.1 Å². The minimum atomic E-state index is -1.07. The molecule has 1 atom stereocenters. The second-order valence-electron chi connectivity index (χ2n) is 4.97. The van der Waals surface area contributed by atoms with Gasteiger partial charge >= 0.3 is 5.97 Å². The molecule has 1 amide bonds. The molecule has 2 rings (SSSR count). The van der Waals surface area contributed by atoms with Gasteiger partial charge in [-0.3, -0.25) is 4.79 Å². The quantitative estimate of drug-likeness (QED) is 0.800. The van der Waals surface area contributed by atoms with Crippen LogP contribution >= 0.6 is 11.6 Å². The number of rotatable bonds is 6. The molecule has 5 heteroatoms. The fourth-order valence-electron chi connectivity index (χ4n) is 2.02. The lowest BCUT2D eigenvalue weighted by molar-refractivity contribution is -0.141. The molecule has 0 bridgehead atoms. The molecule has 2 N–H and O–H groups in total. The molecule has 0 fully saturated rings. The minimum Gasteiger partial charge on any atom is -0.480 e. The second-order valence-corrected chi connectivity index (χ2v) is 5.41. The number of nitrogens with one attached hydrogen (secondary N) is 1. The standard InChI is InChI=1S/C18H16ClNO3/c19-15-9-6-13(7-10-15)8-11-17(21)20-16(18(22)23)12-14-4-2-1-3-5-14/h1-11,16H,12H2,(H,20,21)(H,22,23). The highest BCUT2D eigenvalue weighted by Gasteiger charge is 2.19. The van der Waals surface area contributed by atoms with Crippen LogP contribution < -0.4 is 5.32 Å². The van der Waals surface area contributed by atoms with Gasteiger partial charge in [-0.05, 0) is 29.3 Å². The minimum absolute atomic E-state index is 0.233. The Morgan fingerprint density at radius 1 is 1.09 bits per heavy atom. The maximum atomic E-state index is 11.9. The third-order valence-corrected chi connectivity index (χ3v) is 3.45. The highest BCUT2D eigenvalue weighted by molar-refractivity contribution is 6.30. The van der Waals surface area contributed by atoms with E-state index in [1.54, 1.807) is 30.3 Å². The van der Waals surface area contributed by atoms with Gasteiger partial charge < -0.3 is 10.4 Å².